The van der Waals surface area contributed by atoms with Gasteiger partial charge in [-0.05, 0) is 149 Å². The lowest BCUT2D eigenvalue weighted by Crippen LogP contribution is -2.55. The standard InChI is InChI=1S/2C27H26F3N3O3/c2*1-15-13-32(14-31-15)23-8-7-17(9-24(23)35-3)10-25-27(34)33-21(16(2)36-25)5-4-6-22(33)18-11-19(28)26(30)20(29)12-18/h2*7-14,16,21-22H,4-6H2,1-3H3/b2*25-10-/t16-,21+,22-;16-,21-,22+/m01/s1. The summed E-state index contributed by atoms with van der Waals surface area (Å²) in [5.41, 5.74) is 5.17. The first-order valence-corrected chi connectivity index (χ1v) is 23.6. The van der Waals surface area contributed by atoms with E-state index in [1.807, 2.05) is 73.5 Å². The highest BCUT2D eigenvalue weighted by atomic mass is 19.2. The van der Waals surface area contributed by atoms with Gasteiger partial charge >= 0.3 is 0 Å². The van der Waals surface area contributed by atoms with Crippen LogP contribution in [-0.2, 0) is 19.1 Å². The summed E-state index contributed by atoms with van der Waals surface area (Å²) in [5.74, 6) is -7.42. The molecule has 2 amide bonds. The highest BCUT2D eigenvalue weighted by Crippen LogP contribution is 2.43. The summed E-state index contributed by atoms with van der Waals surface area (Å²) in [6.07, 6.45) is 13.7. The van der Waals surface area contributed by atoms with Gasteiger partial charge < -0.3 is 37.9 Å². The molecule has 0 radical (unpaired) electrons. The molecule has 4 fully saturated rings. The molecule has 0 bridgehead atoms. The molecule has 18 heteroatoms. The third-order valence-electron chi connectivity index (χ3n) is 13.7. The van der Waals surface area contributed by atoms with Gasteiger partial charge in [0.1, 0.15) is 23.7 Å². The van der Waals surface area contributed by atoms with E-state index >= 15 is 0 Å². The van der Waals surface area contributed by atoms with E-state index < -0.39 is 47.0 Å². The van der Waals surface area contributed by atoms with Crippen LogP contribution in [0.25, 0.3) is 23.5 Å². The minimum absolute atomic E-state index is 0.127. The zero-order valence-electron chi connectivity index (χ0n) is 40.3. The minimum Gasteiger partial charge on any atom is -0.495 e. The van der Waals surface area contributed by atoms with Gasteiger partial charge in [-0.3, -0.25) is 9.59 Å². The second-order valence-corrected chi connectivity index (χ2v) is 18.4. The Morgan fingerprint density at radius 2 is 0.944 bits per heavy atom. The van der Waals surface area contributed by atoms with Crippen LogP contribution in [0.2, 0.25) is 0 Å². The number of aromatic nitrogens is 4. The lowest BCUT2D eigenvalue weighted by atomic mass is 9.87. The molecule has 6 heterocycles. The molecule has 4 aliphatic heterocycles. The molecule has 0 saturated carbocycles. The number of aryl methyl sites for hydroxylation is 2. The first-order chi connectivity index (χ1) is 34.5. The Morgan fingerprint density at radius 3 is 1.28 bits per heavy atom. The molecule has 12 nitrogen and oxygen atoms in total. The Labute approximate surface area is 412 Å². The molecule has 10 rings (SSSR count). The van der Waals surface area contributed by atoms with E-state index in [4.69, 9.17) is 18.9 Å². The number of morpholine rings is 2. The number of rotatable bonds is 8. The Morgan fingerprint density at radius 1 is 0.569 bits per heavy atom. The van der Waals surface area contributed by atoms with Crippen molar-refractivity contribution in [3.63, 3.8) is 0 Å². The molecule has 0 aliphatic carbocycles. The van der Waals surface area contributed by atoms with E-state index in [1.165, 1.54) is 0 Å². The number of ether oxygens (including phenoxy) is 4. The average molecular weight is 995 g/mol. The fourth-order valence-electron chi connectivity index (χ4n) is 10.3. The van der Waals surface area contributed by atoms with Crippen LogP contribution in [0.5, 0.6) is 11.5 Å². The number of carbonyl (C=O) groups is 2. The number of methoxy groups -OCH3 is 2. The Hall–Kier alpha value is -7.50. The summed E-state index contributed by atoms with van der Waals surface area (Å²) in [6.45, 7) is 7.53. The van der Waals surface area contributed by atoms with E-state index in [2.05, 4.69) is 9.97 Å². The van der Waals surface area contributed by atoms with Crippen LogP contribution in [0, 0.1) is 48.8 Å². The lowest BCUT2D eigenvalue weighted by molar-refractivity contribution is -0.153. The number of amides is 2. The molecule has 0 N–H and O–H groups in total. The van der Waals surface area contributed by atoms with Gasteiger partial charge in [0.2, 0.25) is 0 Å². The van der Waals surface area contributed by atoms with Gasteiger partial charge in [-0.1, -0.05) is 12.1 Å². The van der Waals surface area contributed by atoms with E-state index in [1.54, 1.807) is 61.0 Å². The lowest BCUT2D eigenvalue weighted by Gasteiger charge is -2.48. The molecule has 4 aliphatic rings. The maximum atomic E-state index is 14.0. The van der Waals surface area contributed by atoms with E-state index in [0.717, 1.165) is 59.9 Å². The van der Waals surface area contributed by atoms with Crippen molar-refractivity contribution in [2.45, 2.75) is 103 Å². The van der Waals surface area contributed by atoms with Crippen molar-refractivity contribution < 1.29 is 54.9 Å². The van der Waals surface area contributed by atoms with Crippen molar-refractivity contribution >= 4 is 24.0 Å². The van der Waals surface area contributed by atoms with E-state index in [-0.39, 0.29) is 58.8 Å². The van der Waals surface area contributed by atoms with Crippen LogP contribution < -0.4 is 9.47 Å². The fraction of sp³-hybridized carbons (Fsp3) is 0.333. The Kier molecular flexibility index (Phi) is 14.0. The number of hydrogen-bond acceptors (Lipinski definition) is 8. The van der Waals surface area contributed by atoms with Gasteiger partial charge in [0.25, 0.3) is 11.8 Å². The molecular weight excluding hydrogens is 943 g/mol. The third kappa shape index (κ3) is 9.65. The SMILES string of the molecule is COc1cc(/C=C2\O[C@@H](C)[C@H]3CCC[C@@H](c4cc(F)c(F)c(F)c4)N3C2=O)ccc1-n1cnc(C)c1.COc1cc(/C=C2\O[C@H](C)[C@H]3CCC[C@@H](c4cc(F)c(F)c(F)c4)N3C2=O)ccc1-n1cnc(C)c1. The zero-order chi connectivity index (χ0) is 51.1. The van der Waals surface area contributed by atoms with Crippen molar-refractivity contribution in [3.8, 4) is 22.9 Å². The summed E-state index contributed by atoms with van der Waals surface area (Å²) in [7, 11) is 3.13. The number of piperidine rings is 2. The average Bonchev–Trinajstić information content (AvgIpc) is 4.02. The molecule has 72 heavy (non-hydrogen) atoms. The van der Waals surface area contributed by atoms with E-state index in [9.17, 15) is 35.9 Å². The quantitative estimate of drug-likeness (QED) is 0.0842. The summed E-state index contributed by atoms with van der Waals surface area (Å²) < 4.78 is 110. The summed E-state index contributed by atoms with van der Waals surface area (Å²) in [5, 5.41) is 0. The minimum atomic E-state index is -1.52. The molecule has 4 aromatic carbocycles. The van der Waals surface area contributed by atoms with Gasteiger partial charge in [0, 0.05) is 12.4 Å². The van der Waals surface area contributed by atoms with Crippen LogP contribution in [0.3, 0.4) is 0 Å². The van der Waals surface area contributed by atoms with Crippen molar-refractivity contribution in [2.75, 3.05) is 14.2 Å². The molecule has 6 atom stereocenters. The van der Waals surface area contributed by atoms with Gasteiger partial charge in [0.05, 0.1) is 73.8 Å². The topological polar surface area (TPSA) is 113 Å². The Balaban J connectivity index is 0.000000178. The predicted octanol–water partition coefficient (Wildman–Crippen LogP) is 11.0. The maximum Gasteiger partial charge on any atom is 0.289 e. The smallest absolute Gasteiger partial charge is 0.289 e. The van der Waals surface area contributed by atoms with Crippen molar-refractivity contribution in [1.82, 2.24) is 28.9 Å². The van der Waals surface area contributed by atoms with Crippen LogP contribution in [-0.4, -0.2) is 79.2 Å². The first-order valence-electron chi connectivity index (χ1n) is 23.6. The number of nitrogens with zero attached hydrogens (tertiary/aromatic N) is 6. The predicted molar refractivity (Wildman–Crippen MR) is 254 cm³/mol. The Bertz CT molecular complexity index is 2870. The number of halogens is 6. The second kappa shape index (κ2) is 20.3. The third-order valence-corrected chi connectivity index (χ3v) is 13.7. The van der Waals surface area contributed by atoms with Crippen molar-refractivity contribution in [1.29, 1.82) is 0 Å². The highest BCUT2D eigenvalue weighted by molar-refractivity contribution is 5.98. The monoisotopic (exact) mass is 994 g/mol. The number of benzene rings is 4. The summed E-state index contributed by atoms with van der Waals surface area (Å²) >= 11 is 0. The fourth-order valence-corrected chi connectivity index (χ4v) is 10.3. The molecule has 0 spiro atoms. The molecular formula is C54H52F6N6O6. The molecule has 376 valence electrons. The van der Waals surface area contributed by atoms with Crippen LogP contribution in [0.4, 0.5) is 26.3 Å². The zero-order valence-corrected chi connectivity index (χ0v) is 40.3. The number of fused-ring (bicyclic) bond motifs is 2. The van der Waals surface area contributed by atoms with Crippen LogP contribution >= 0.6 is 0 Å². The maximum absolute atomic E-state index is 14.0. The van der Waals surface area contributed by atoms with Crippen molar-refractivity contribution in [3.05, 3.63) is 166 Å². The normalized spacial score (nSPS) is 22.9. The van der Waals surface area contributed by atoms with Gasteiger partial charge in [0.15, 0.2) is 46.4 Å². The van der Waals surface area contributed by atoms with Crippen LogP contribution in [0.15, 0.2) is 97.2 Å². The number of carbonyl (C=O) groups excluding carboxylic acids is 2. The van der Waals surface area contributed by atoms with Crippen LogP contribution in [0.1, 0.15) is 98.1 Å². The summed E-state index contributed by atoms with van der Waals surface area (Å²) in [6, 6.07) is 13.2. The highest BCUT2D eigenvalue weighted by Gasteiger charge is 2.46. The van der Waals surface area contributed by atoms with E-state index in [0.29, 0.717) is 48.3 Å². The van der Waals surface area contributed by atoms with Gasteiger partial charge in [-0.2, -0.15) is 0 Å². The molecule has 4 saturated heterocycles. The van der Waals surface area contributed by atoms with Gasteiger partial charge in [-0.15, -0.1) is 0 Å². The van der Waals surface area contributed by atoms with Gasteiger partial charge in [-0.25, -0.2) is 36.3 Å². The van der Waals surface area contributed by atoms with Crippen molar-refractivity contribution in [2.24, 2.45) is 0 Å². The number of hydrogen-bond donors (Lipinski definition) is 0. The number of imidazole rings is 2. The largest absolute Gasteiger partial charge is 0.495 e. The first kappa shape index (κ1) is 49.5. The molecule has 2 aromatic heterocycles. The molecule has 6 aromatic rings. The molecule has 0 unspecified atom stereocenters. The second-order valence-electron chi connectivity index (χ2n) is 18.4. The summed E-state index contributed by atoms with van der Waals surface area (Å²) in [4.78, 5) is 39.0.